The van der Waals surface area contributed by atoms with E-state index >= 15 is 0 Å². The molecule has 21 heavy (non-hydrogen) atoms. The molecule has 0 spiro atoms. The molecule has 0 amide bonds. The Balaban J connectivity index is 1.76. The molecule has 0 bridgehead atoms. The van der Waals surface area contributed by atoms with Gasteiger partial charge in [0.15, 0.2) is 0 Å². The van der Waals surface area contributed by atoms with Gasteiger partial charge in [0, 0.05) is 29.1 Å². The summed E-state index contributed by atoms with van der Waals surface area (Å²) in [7, 11) is 0. The lowest BCUT2D eigenvalue weighted by molar-refractivity contribution is 0.137. The summed E-state index contributed by atoms with van der Waals surface area (Å²) in [5.74, 6) is 1.07. The average molecular weight is 299 g/mol. The van der Waals surface area contributed by atoms with E-state index in [1.807, 2.05) is 0 Å². The Morgan fingerprint density at radius 2 is 2.00 bits per heavy atom. The van der Waals surface area contributed by atoms with Crippen LogP contribution in [0.25, 0.3) is 0 Å². The summed E-state index contributed by atoms with van der Waals surface area (Å²) in [6.07, 6.45) is 3.08. The summed E-state index contributed by atoms with van der Waals surface area (Å²) >= 11 is 1.76. The van der Waals surface area contributed by atoms with Crippen molar-refractivity contribution >= 4 is 17.4 Å². The van der Waals surface area contributed by atoms with E-state index in [9.17, 15) is 0 Å². The molecule has 0 fully saturated rings. The van der Waals surface area contributed by atoms with Crippen LogP contribution in [0.3, 0.4) is 0 Å². The zero-order valence-corrected chi connectivity index (χ0v) is 13.6. The van der Waals surface area contributed by atoms with Crippen molar-refractivity contribution in [3.8, 4) is 5.75 Å². The Morgan fingerprint density at radius 3 is 2.81 bits per heavy atom. The molecular formula is C18H21NOS. The largest absolute Gasteiger partial charge is 0.487 e. The topological polar surface area (TPSA) is 21.3 Å². The zero-order valence-electron chi connectivity index (χ0n) is 12.8. The fourth-order valence-electron chi connectivity index (χ4n) is 2.75. The molecule has 3 heteroatoms. The SMILES string of the molecule is CSc1cccc(NCc2cccc3c2OC(C)(C)C3)c1. The maximum atomic E-state index is 6.11. The maximum Gasteiger partial charge on any atom is 0.128 e. The molecule has 1 N–H and O–H groups in total. The highest BCUT2D eigenvalue weighted by Gasteiger charge is 2.31. The Labute approximate surface area is 130 Å². The Bertz CT molecular complexity index is 651. The number of anilines is 1. The first-order valence-electron chi connectivity index (χ1n) is 7.25. The van der Waals surface area contributed by atoms with Gasteiger partial charge in [-0.15, -0.1) is 11.8 Å². The van der Waals surface area contributed by atoms with Crippen molar-refractivity contribution in [1.29, 1.82) is 0 Å². The summed E-state index contributed by atoms with van der Waals surface area (Å²) in [5, 5.41) is 3.50. The van der Waals surface area contributed by atoms with Crippen molar-refractivity contribution in [1.82, 2.24) is 0 Å². The van der Waals surface area contributed by atoms with Gasteiger partial charge in [0.25, 0.3) is 0 Å². The molecule has 0 unspecified atom stereocenters. The fourth-order valence-corrected chi connectivity index (χ4v) is 3.21. The van der Waals surface area contributed by atoms with Gasteiger partial charge >= 0.3 is 0 Å². The van der Waals surface area contributed by atoms with Crippen molar-refractivity contribution in [2.24, 2.45) is 0 Å². The van der Waals surface area contributed by atoms with Crippen LogP contribution in [0.15, 0.2) is 47.4 Å². The van der Waals surface area contributed by atoms with Crippen molar-refractivity contribution in [2.45, 2.75) is 37.3 Å². The van der Waals surface area contributed by atoms with Crippen LogP contribution in [0.5, 0.6) is 5.75 Å². The summed E-state index contributed by atoms with van der Waals surface area (Å²) in [5.41, 5.74) is 3.61. The number of fused-ring (bicyclic) bond motifs is 1. The van der Waals surface area contributed by atoms with E-state index in [-0.39, 0.29) is 5.60 Å². The van der Waals surface area contributed by atoms with Crippen LogP contribution < -0.4 is 10.1 Å². The summed E-state index contributed by atoms with van der Waals surface area (Å²) in [6, 6.07) is 14.9. The number of hydrogen-bond acceptors (Lipinski definition) is 3. The molecule has 0 radical (unpaired) electrons. The van der Waals surface area contributed by atoms with E-state index in [0.29, 0.717) is 0 Å². The lowest BCUT2D eigenvalue weighted by atomic mass is 10.0. The molecule has 0 aliphatic carbocycles. The highest BCUT2D eigenvalue weighted by atomic mass is 32.2. The Hall–Kier alpha value is -1.61. The Kier molecular flexibility index (Phi) is 3.85. The van der Waals surface area contributed by atoms with E-state index in [1.54, 1.807) is 11.8 Å². The van der Waals surface area contributed by atoms with Crippen LogP contribution in [-0.2, 0) is 13.0 Å². The van der Waals surface area contributed by atoms with E-state index in [0.717, 1.165) is 24.4 Å². The van der Waals surface area contributed by atoms with Gasteiger partial charge in [-0.3, -0.25) is 0 Å². The first-order valence-corrected chi connectivity index (χ1v) is 8.47. The number of nitrogens with one attached hydrogen (secondary N) is 1. The lowest BCUT2D eigenvalue weighted by Gasteiger charge is -2.18. The van der Waals surface area contributed by atoms with E-state index in [2.05, 4.69) is 67.9 Å². The zero-order chi connectivity index (χ0) is 14.9. The van der Waals surface area contributed by atoms with Crippen LogP contribution in [0.1, 0.15) is 25.0 Å². The third-order valence-corrected chi connectivity index (χ3v) is 4.45. The summed E-state index contributed by atoms with van der Waals surface area (Å²) in [6.45, 7) is 5.08. The molecule has 1 heterocycles. The number of thioether (sulfide) groups is 1. The quantitative estimate of drug-likeness (QED) is 0.824. The van der Waals surface area contributed by atoms with Crippen LogP contribution in [0.4, 0.5) is 5.69 Å². The number of benzene rings is 2. The van der Waals surface area contributed by atoms with Crippen molar-refractivity contribution in [3.05, 3.63) is 53.6 Å². The second-order valence-electron chi connectivity index (χ2n) is 6.03. The normalized spacial score (nSPS) is 15.4. The van der Waals surface area contributed by atoms with Gasteiger partial charge < -0.3 is 10.1 Å². The van der Waals surface area contributed by atoms with Gasteiger partial charge in [-0.25, -0.2) is 0 Å². The third kappa shape index (κ3) is 3.18. The van der Waals surface area contributed by atoms with Crippen LogP contribution in [0, 0.1) is 0 Å². The van der Waals surface area contributed by atoms with Crippen LogP contribution in [-0.4, -0.2) is 11.9 Å². The molecule has 110 valence electrons. The van der Waals surface area contributed by atoms with Crippen molar-refractivity contribution < 1.29 is 4.74 Å². The second kappa shape index (κ2) is 5.64. The van der Waals surface area contributed by atoms with Gasteiger partial charge in [0.1, 0.15) is 11.4 Å². The maximum absolute atomic E-state index is 6.11. The third-order valence-electron chi connectivity index (χ3n) is 3.73. The molecule has 2 nitrogen and oxygen atoms in total. The second-order valence-corrected chi connectivity index (χ2v) is 6.91. The van der Waals surface area contributed by atoms with Crippen molar-refractivity contribution in [3.63, 3.8) is 0 Å². The van der Waals surface area contributed by atoms with Crippen LogP contribution in [0.2, 0.25) is 0 Å². The van der Waals surface area contributed by atoms with Gasteiger partial charge in [-0.1, -0.05) is 24.3 Å². The van der Waals surface area contributed by atoms with E-state index in [1.165, 1.54) is 16.0 Å². The highest BCUT2D eigenvalue weighted by molar-refractivity contribution is 7.98. The van der Waals surface area contributed by atoms with Gasteiger partial charge in [0.2, 0.25) is 0 Å². The Morgan fingerprint density at radius 1 is 1.19 bits per heavy atom. The van der Waals surface area contributed by atoms with Crippen LogP contribution >= 0.6 is 11.8 Å². The molecule has 0 aromatic heterocycles. The highest BCUT2D eigenvalue weighted by Crippen LogP contribution is 2.37. The number of rotatable bonds is 4. The lowest BCUT2D eigenvalue weighted by Crippen LogP contribution is -2.25. The molecule has 0 atom stereocenters. The molecular weight excluding hydrogens is 278 g/mol. The molecule has 1 aliphatic rings. The predicted molar refractivity (Wildman–Crippen MR) is 90.4 cm³/mol. The molecule has 0 saturated heterocycles. The summed E-state index contributed by atoms with van der Waals surface area (Å²) in [4.78, 5) is 1.27. The van der Waals surface area contributed by atoms with E-state index in [4.69, 9.17) is 4.74 Å². The number of hydrogen-bond donors (Lipinski definition) is 1. The molecule has 3 rings (SSSR count). The molecule has 2 aromatic carbocycles. The minimum atomic E-state index is -0.0861. The van der Waals surface area contributed by atoms with E-state index < -0.39 is 0 Å². The molecule has 2 aromatic rings. The first-order chi connectivity index (χ1) is 10.1. The smallest absolute Gasteiger partial charge is 0.128 e. The van der Waals surface area contributed by atoms with Crippen molar-refractivity contribution in [2.75, 3.05) is 11.6 Å². The first kappa shape index (κ1) is 14.3. The average Bonchev–Trinajstić information content (AvgIpc) is 2.79. The number of para-hydroxylation sites is 1. The minimum Gasteiger partial charge on any atom is -0.487 e. The molecule has 1 aliphatic heterocycles. The van der Waals surface area contributed by atoms with Gasteiger partial charge in [-0.2, -0.15) is 0 Å². The summed E-state index contributed by atoms with van der Waals surface area (Å²) < 4.78 is 6.11. The standard InChI is InChI=1S/C18H21NOS/c1-18(2)11-13-6-4-7-14(17(13)20-18)12-19-15-8-5-9-16(10-15)21-3/h4-10,19H,11-12H2,1-3H3. The predicted octanol–water partition coefficient (Wildman–Crippen LogP) is 4.73. The molecule has 0 saturated carbocycles. The monoisotopic (exact) mass is 299 g/mol. The minimum absolute atomic E-state index is 0.0861. The van der Waals surface area contributed by atoms with Gasteiger partial charge in [-0.05, 0) is 43.9 Å². The van der Waals surface area contributed by atoms with Gasteiger partial charge in [0.05, 0.1) is 0 Å². The number of ether oxygens (including phenoxy) is 1. The fraction of sp³-hybridized carbons (Fsp3) is 0.333.